The number of halogens is 2. The van der Waals surface area contributed by atoms with Crippen LogP contribution in [0.3, 0.4) is 0 Å². The van der Waals surface area contributed by atoms with Crippen molar-refractivity contribution in [2.75, 3.05) is 0 Å². The van der Waals surface area contributed by atoms with Gasteiger partial charge in [-0.3, -0.25) is 9.59 Å². The summed E-state index contributed by atoms with van der Waals surface area (Å²) >= 11 is 12.0. The SMILES string of the molecule is O=C1[C@H]2[C@H](C(=O)N1/N=C\c1ccc(-c3ccc(Cl)c(Cl)c3)o1)[C@H]1C=C[C@H]2CC1. The molecule has 1 saturated carbocycles. The molecule has 0 N–H and O–H groups in total. The Morgan fingerprint density at radius 2 is 1.64 bits per heavy atom. The molecule has 1 aromatic carbocycles. The van der Waals surface area contributed by atoms with Crippen molar-refractivity contribution in [3.05, 3.63) is 58.3 Å². The van der Waals surface area contributed by atoms with Gasteiger partial charge >= 0.3 is 0 Å². The van der Waals surface area contributed by atoms with Crippen LogP contribution in [0.5, 0.6) is 0 Å². The van der Waals surface area contributed by atoms with Gasteiger partial charge in [-0.2, -0.15) is 10.1 Å². The lowest BCUT2D eigenvalue weighted by atomic mass is 9.63. The second-order valence-electron chi connectivity index (χ2n) is 7.41. The number of amides is 2. The Bertz CT molecular complexity index is 1010. The zero-order chi connectivity index (χ0) is 19.4. The molecule has 2 amide bonds. The minimum Gasteiger partial charge on any atom is -0.455 e. The highest BCUT2D eigenvalue weighted by molar-refractivity contribution is 6.42. The standard InChI is InChI=1S/C21H16Cl2N2O3/c22-15-7-5-13(9-16(15)23)17-8-6-14(28-17)10-24-25-20(26)18-11-1-2-12(4-3-11)19(18)21(25)27/h1-2,5-12,18-19H,3-4H2/b24-10-/t11-,12-,18+,19+/m0/s1. The van der Waals surface area contributed by atoms with Crippen molar-refractivity contribution in [2.24, 2.45) is 28.8 Å². The van der Waals surface area contributed by atoms with Crippen LogP contribution >= 0.6 is 23.2 Å². The number of rotatable bonds is 3. The maximum absolute atomic E-state index is 12.8. The number of carbonyl (C=O) groups is 2. The van der Waals surface area contributed by atoms with E-state index in [1.165, 1.54) is 6.21 Å². The van der Waals surface area contributed by atoms with Gasteiger partial charge in [-0.15, -0.1) is 0 Å². The highest BCUT2D eigenvalue weighted by Crippen LogP contribution is 2.49. The first-order valence-electron chi connectivity index (χ1n) is 9.18. The molecule has 2 fully saturated rings. The number of furan rings is 1. The number of hydrogen-bond acceptors (Lipinski definition) is 4. The molecule has 4 atom stereocenters. The van der Waals surface area contributed by atoms with E-state index in [0.29, 0.717) is 21.6 Å². The number of hydrazone groups is 1. The number of allylic oxidation sites excluding steroid dienone is 2. The van der Waals surface area contributed by atoms with Crippen molar-refractivity contribution in [2.45, 2.75) is 12.8 Å². The Balaban J connectivity index is 1.37. The lowest BCUT2D eigenvalue weighted by Crippen LogP contribution is -2.38. The molecule has 4 aliphatic rings. The minimum absolute atomic E-state index is 0.150. The summed E-state index contributed by atoms with van der Waals surface area (Å²) in [6, 6.07) is 8.71. The predicted octanol–water partition coefficient (Wildman–Crippen LogP) is 4.78. The number of carbonyl (C=O) groups excluding carboxylic acids is 2. The summed E-state index contributed by atoms with van der Waals surface area (Å²) in [6.45, 7) is 0. The molecule has 3 aliphatic carbocycles. The van der Waals surface area contributed by atoms with Crippen LogP contribution in [-0.4, -0.2) is 23.0 Å². The number of imide groups is 1. The second-order valence-corrected chi connectivity index (χ2v) is 8.22. The molecule has 1 saturated heterocycles. The summed E-state index contributed by atoms with van der Waals surface area (Å²) in [4.78, 5) is 25.5. The highest BCUT2D eigenvalue weighted by Gasteiger charge is 2.56. The van der Waals surface area contributed by atoms with Crippen LogP contribution < -0.4 is 0 Å². The fourth-order valence-corrected chi connectivity index (χ4v) is 4.81. The topological polar surface area (TPSA) is 62.9 Å². The van der Waals surface area contributed by atoms with Crippen molar-refractivity contribution < 1.29 is 14.0 Å². The third kappa shape index (κ3) is 2.73. The molecule has 0 spiro atoms. The van der Waals surface area contributed by atoms with Crippen molar-refractivity contribution in [1.29, 1.82) is 0 Å². The van der Waals surface area contributed by atoms with Gasteiger partial charge in [0.1, 0.15) is 11.5 Å². The van der Waals surface area contributed by atoms with E-state index >= 15 is 0 Å². The van der Waals surface area contributed by atoms with E-state index in [1.807, 2.05) is 0 Å². The van der Waals surface area contributed by atoms with E-state index in [2.05, 4.69) is 17.3 Å². The van der Waals surface area contributed by atoms with E-state index < -0.39 is 0 Å². The van der Waals surface area contributed by atoms with Crippen molar-refractivity contribution in [3.8, 4) is 11.3 Å². The summed E-state index contributed by atoms with van der Waals surface area (Å²) in [5.74, 6) is 0.386. The zero-order valence-electron chi connectivity index (χ0n) is 14.7. The molecule has 5 nitrogen and oxygen atoms in total. The average molecular weight is 415 g/mol. The summed E-state index contributed by atoms with van der Waals surface area (Å²) in [7, 11) is 0. The summed E-state index contributed by atoms with van der Waals surface area (Å²) < 4.78 is 5.76. The maximum atomic E-state index is 12.8. The molecule has 0 unspecified atom stereocenters. The molecule has 6 rings (SSSR count). The number of nitrogens with zero attached hydrogens (tertiary/aromatic N) is 2. The van der Waals surface area contributed by atoms with E-state index in [9.17, 15) is 9.59 Å². The average Bonchev–Trinajstić information content (AvgIpc) is 3.28. The maximum Gasteiger partial charge on any atom is 0.254 e. The van der Waals surface area contributed by atoms with Gasteiger partial charge in [-0.05, 0) is 55.0 Å². The Kier molecular flexibility index (Phi) is 4.18. The zero-order valence-corrected chi connectivity index (χ0v) is 16.2. The van der Waals surface area contributed by atoms with Gasteiger partial charge in [-0.25, -0.2) is 0 Å². The number of hydrogen-bond donors (Lipinski definition) is 0. The van der Waals surface area contributed by atoms with Crippen LogP contribution in [0.4, 0.5) is 0 Å². The van der Waals surface area contributed by atoms with Gasteiger partial charge in [0.15, 0.2) is 0 Å². The molecular formula is C21H16Cl2N2O3. The number of benzene rings is 1. The van der Waals surface area contributed by atoms with Crippen LogP contribution in [0.25, 0.3) is 11.3 Å². The normalized spacial score (nSPS) is 28.6. The van der Waals surface area contributed by atoms with Gasteiger partial charge in [0, 0.05) is 5.56 Å². The third-order valence-electron chi connectivity index (χ3n) is 5.87. The van der Waals surface area contributed by atoms with E-state index in [1.54, 1.807) is 30.3 Å². The summed E-state index contributed by atoms with van der Waals surface area (Å²) in [5, 5.41) is 6.08. The lowest BCUT2D eigenvalue weighted by molar-refractivity contribution is -0.140. The Hall–Kier alpha value is -2.37. The van der Waals surface area contributed by atoms with Gasteiger partial charge < -0.3 is 4.42 Å². The van der Waals surface area contributed by atoms with Crippen LogP contribution in [0.2, 0.25) is 10.0 Å². The van der Waals surface area contributed by atoms with Gasteiger partial charge in [0.25, 0.3) is 11.8 Å². The first-order valence-corrected chi connectivity index (χ1v) is 9.94. The van der Waals surface area contributed by atoms with E-state index in [0.717, 1.165) is 23.4 Å². The molecule has 0 radical (unpaired) electrons. The van der Waals surface area contributed by atoms with Crippen molar-refractivity contribution >= 4 is 41.2 Å². The molecular weight excluding hydrogens is 399 g/mol. The monoisotopic (exact) mass is 414 g/mol. The van der Waals surface area contributed by atoms with Crippen LogP contribution in [0.15, 0.2) is 52.0 Å². The van der Waals surface area contributed by atoms with Crippen LogP contribution in [0.1, 0.15) is 18.6 Å². The summed E-state index contributed by atoms with van der Waals surface area (Å²) in [5.41, 5.74) is 0.774. The smallest absolute Gasteiger partial charge is 0.254 e. The van der Waals surface area contributed by atoms with Gasteiger partial charge in [0.05, 0.1) is 28.1 Å². The van der Waals surface area contributed by atoms with E-state index in [4.69, 9.17) is 27.6 Å². The molecule has 2 bridgehead atoms. The third-order valence-corrected chi connectivity index (χ3v) is 6.61. The lowest BCUT2D eigenvalue weighted by Gasteiger charge is -2.37. The Labute approximate surface area is 171 Å². The van der Waals surface area contributed by atoms with Crippen LogP contribution in [0, 0.1) is 23.7 Å². The molecule has 1 aliphatic heterocycles. The fraction of sp³-hybridized carbons (Fsp3) is 0.286. The number of fused-ring (bicyclic) bond motifs is 1. The second kappa shape index (κ2) is 6.61. The van der Waals surface area contributed by atoms with Gasteiger partial charge in [-0.1, -0.05) is 35.4 Å². The largest absolute Gasteiger partial charge is 0.455 e. The first-order chi connectivity index (χ1) is 13.5. The molecule has 2 aromatic rings. The predicted molar refractivity (Wildman–Crippen MR) is 106 cm³/mol. The van der Waals surface area contributed by atoms with Crippen LogP contribution in [-0.2, 0) is 9.59 Å². The molecule has 1 aromatic heterocycles. The highest BCUT2D eigenvalue weighted by atomic mass is 35.5. The van der Waals surface area contributed by atoms with Crippen molar-refractivity contribution in [1.82, 2.24) is 5.01 Å². The van der Waals surface area contributed by atoms with Gasteiger partial charge in [0.2, 0.25) is 0 Å². The first kappa shape index (κ1) is 17.7. The molecule has 7 heteroatoms. The Morgan fingerprint density at radius 1 is 0.964 bits per heavy atom. The van der Waals surface area contributed by atoms with E-state index in [-0.39, 0.29) is 35.5 Å². The molecule has 2 heterocycles. The minimum atomic E-state index is -0.267. The molecule has 142 valence electrons. The fourth-order valence-electron chi connectivity index (χ4n) is 4.51. The Morgan fingerprint density at radius 3 is 2.25 bits per heavy atom. The summed E-state index contributed by atoms with van der Waals surface area (Å²) in [6.07, 6.45) is 7.51. The molecule has 28 heavy (non-hydrogen) atoms. The van der Waals surface area contributed by atoms with Crippen molar-refractivity contribution in [3.63, 3.8) is 0 Å². The quantitative estimate of drug-likeness (QED) is 0.412.